The van der Waals surface area contributed by atoms with Crippen molar-refractivity contribution in [2.45, 2.75) is 12.5 Å². The zero-order valence-electron chi connectivity index (χ0n) is 8.61. The highest BCUT2D eigenvalue weighted by molar-refractivity contribution is 5.40. The van der Waals surface area contributed by atoms with Crippen LogP contribution in [0.3, 0.4) is 0 Å². The van der Waals surface area contributed by atoms with Crippen molar-refractivity contribution in [1.29, 1.82) is 0 Å². The first-order valence-electron chi connectivity index (χ1n) is 5.51. The summed E-state index contributed by atoms with van der Waals surface area (Å²) in [6.07, 6.45) is 1.33. The van der Waals surface area contributed by atoms with E-state index in [9.17, 15) is 0 Å². The SMILES string of the molecule is c1ccc2c(c1)OCC(CC1CNC1)O2. The third kappa shape index (κ3) is 1.79. The summed E-state index contributed by atoms with van der Waals surface area (Å²) < 4.78 is 11.5. The third-order valence-electron chi connectivity index (χ3n) is 3.03. The minimum absolute atomic E-state index is 0.229. The van der Waals surface area contributed by atoms with Gasteiger partial charge in [-0.1, -0.05) is 12.1 Å². The third-order valence-corrected chi connectivity index (χ3v) is 3.03. The van der Waals surface area contributed by atoms with Crippen LogP contribution >= 0.6 is 0 Å². The molecule has 1 N–H and O–H groups in total. The van der Waals surface area contributed by atoms with Gasteiger partial charge in [-0.3, -0.25) is 0 Å². The van der Waals surface area contributed by atoms with Crippen molar-refractivity contribution in [2.75, 3.05) is 19.7 Å². The van der Waals surface area contributed by atoms with Crippen LogP contribution in [0.4, 0.5) is 0 Å². The Kier molecular flexibility index (Phi) is 2.25. The van der Waals surface area contributed by atoms with E-state index in [-0.39, 0.29) is 6.10 Å². The second-order valence-corrected chi connectivity index (χ2v) is 4.26. The van der Waals surface area contributed by atoms with E-state index in [0.717, 1.165) is 36.9 Å². The van der Waals surface area contributed by atoms with Crippen molar-refractivity contribution < 1.29 is 9.47 Å². The van der Waals surface area contributed by atoms with E-state index < -0.39 is 0 Å². The van der Waals surface area contributed by atoms with E-state index in [2.05, 4.69) is 5.32 Å². The number of para-hydroxylation sites is 2. The fourth-order valence-electron chi connectivity index (χ4n) is 2.07. The normalized spacial score (nSPS) is 24.7. The number of ether oxygens (including phenoxy) is 2. The van der Waals surface area contributed by atoms with Crippen LogP contribution in [0.15, 0.2) is 24.3 Å². The van der Waals surface area contributed by atoms with Gasteiger partial charge in [-0.2, -0.15) is 0 Å². The topological polar surface area (TPSA) is 30.5 Å². The summed E-state index contributed by atoms with van der Waals surface area (Å²) in [5.74, 6) is 2.53. The van der Waals surface area contributed by atoms with E-state index >= 15 is 0 Å². The maximum absolute atomic E-state index is 5.89. The first-order chi connectivity index (χ1) is 7.42. The number of hydrogen-bond acceptors (Lipinski definition) is 3. The summed E-state index contributed by atoms with van der Waals surface area (Å²) in [4.78, 5) is 0. The van der Waals surface area contributed by atoms with Crippen LogP contribution in [0.25, 0.3) is 0 Å². The van der Waals surface area contributed by atoms with Gasteiger partial charge in [-0.15, -0.1) is 0 Å². The lowest BCUT2D eigenvalue weighted by Crippen LogP contribution is -2.45. The highest BCUT2D eigenvalue weighted by Gasteiger charge is 2.26. The van der Waals surface area contributed by atoms with E-state index in [1.54, 1.807) is 0 Å². The molecular weight excluding hydrogens is 190 g/mol. The molecule has 1 fully saturated rings. The van der Waals surface area contributed by atoms with Gasteiger partial charge in [0.15, 0.2) is 11.5 Å². The second-order valence-electron chi connectivity index (χ2n) is 4.26. The Hall–Kier alpha value is -1.22. The molecule has 2 aliphatic heterocycles. The summed E-state index contributed by atoms with van der Waals surface area (Å²) in [6.45, 7) is 2.94. The second kappa shape index (κ2) is 3.74. The molecule has 3 nitrogen and oxygen atoms in total. The minimum Gasteiger partial charge on any atom is -0.486 e. The molecule has 0 spiro atoms. The Bertz CT molecular complexity index is 349. The summed E-state index contributed by atoms with van der Waals surface area (Å²) >= 11 is 0. The van der Waals surface area contributed by atoms with Gasteiger partial charge in [0.25, 0.3) is 0 Å². The highest BCUT2D eigenvalue weighted by Crippen LogP contribution is 2.32. The number of benzene rings is 1. The monoisotopic (exact) mass is 205 g/mol. The lowest BCUT2D eigenvalue weighted by Gasteiger charge is -2.33. The molecule has 1 atom stereocenters. The fourth-order valence-corrected chi connectivity index (χ4v) is 2.07. The molecular formula is C12H15NO2. The van der Waals surface area contributed by atoms with Crippen molar-refractivity contribution in [1.82, 2.24) is 5.32 Å². The molecule has 1 aromatic carbocycles. The van der Waals surface area contributed by atoms with Crippen LogP contribution in [-0.4, -0.2) is 25.8 Å². The quantitative estimate of drug-likeness (QED) is 0.792. The first-order valence-corrected chi connectivity index (χ1v) is 5.51. The molecule has 2 heterocycles. The van der Waals surface area contributed by atoms with Gasteiger partial charge < -0.3 is 14.8 Å². The summed E-state index contributed by atoms with van der Waals surface area (Å²) in [5.41, 5.74) is 0. The highest BCUT2D eigenvalue weighted by atomic mass is 16.6. The number of rotatable bonds is 2. The van der Waals surface area contributed by atoms with Gasteiger partial charge in [-0.25, -0.2) is 0 Å². The largest absolute Gasteiger partial charge is 0.486 e. The molecule has 3 heteroatoms. The van der Waals surface area contributed by atoms with Gasteiger partial charge in [-0.05, 0) is 37.6 Å². The molecule has 3 rings (SSSR count). The minimum atomic E-state index is 0.229. The van der Waals surface area contributed by atoms with Crippen LogP contribution in [0.5, 0.6) is 11.5 Å². The molecule has 0 saturated carbocycles. The summed E-state index contributed by atoms with van der Waals surface area (Å²) in [5, 5.41) is 3.27. The maximum atomic E-state index is 5.89. The van der Waals surface area contributed by atoms with Crippen LogP contribution < -0.4 is 14.8 Å². The predicted molar refractivity (Wildman–Crippen MR) is 57.3 cm³/mol. The fraction of sp³-hybridized carbons (Fsp3) is 0.500. The van der Waals surface area contributed by atoms with Gasteiger partial charge in [0, 0.05) is 0 Å². The van der Waals surface area contributed by atoms with Crippen molar-refractivity contribution in [3.63, 3.8) is 0 Å². The number of hydrogen-bond donors (Lipinski definition) is 1. The van der Waals surface area contributed by atoms with Crippen LogP contribution in [-0.2, 0) is 0 Å². The zero-order chi connectivity index (χ0) is 10.1. The summed E-state index contributed by atoms with van der Waals surface area (Å²) in [7, 11) is 0. The maximum Gasteiger partial charge on any atom is 0.161 e. The Morgan fingerprint density at radius 1 is 1.20 bits per heavy atom. The Morgan fingerprint density at radius 2 is 2.00 bits per heavy atom. The molecule has 80 valence electrons. The molecule has 0 amide bonds. The first kappa shape index (κ1) is 9.04. The predicted octanol–water partition coefficient (Wildman–Crippen LogP) is 1.44. The Morgan fingerprint density at radius 3 is 2.73 bits per heavy atom. The van der Waals surface area contributed by atoms with Crippen molar-refractivity contribution in [3.8, 4) is 11.5 Å². The molecule has 0 bridgehead atoms. The van der Waals surface area contributed by atoms with Gasteiger partial charge in [0.1, 0.15) is 12.7 Å². The van der Waals surface area contributed by atoms with Crippen LogP contribution in [0.2, 0.25) is 0 Å². The Balaban J connectivity index is 1.66. The van der Waals surface area contributed by atoms with Crippen molar-refractivity contribution in [2.24, 2.45) is 5.92 Å². The molecule has 1 aromatic rings. The molecule has 1 unspecified atom stereocenters. The standard InChI is InChI=1S/C12H15NO2/c1-2-4-12-11(3-1)14-8-10(15-12)5-9-6-13-7-9/h1-4,9-10,13H,5-8H2. The molecule has 1 saturated heterocycles. The van der Waals surface area contributed by atoms with Crippen LogP contribution in [0.1, 0.15) is 6.42 Å². The van der Waals surface area contributed by atoms with E-state index in [1.807, 2.05) is 24.3 Å². The molecule has 15 heavy (non-hydrogen) atoms. The van der Waals surface area contributed by atoms with E-state index in [4.69, 9.17) is 9.47 Å². The molecule has 0 radical (unpaired) electrons. The number of fused-ring (bicyclic) bond motifs is 1. The Labute approximate surface area is 89.4 Å². The molecule has 0 aromatic heterocycles. The summed E-state index contributed by atoms with van der Waals surface area (Å²) in [6, 6.07) is 7.88. The van der Waals surface area contributed by atoms with Crippen molar-refractivity contribution in [3.05, 3.63) is 24.3 Å². The molecule has 0 aliphatic carbocycles. The van der Waals surface area contributed by atoms with Gasteiger partial charge >= 0.3 is 0 Å². The average Bonchev–Trinajstić information content (AvgIpc) is 2.23. The number of nitrogens with one attached hydrogen (secondary N) is 1. The van der Waals surface area contributed by atoms with Gasteiger partial charge in [0.2, 0.25) is 0 Å². The van der Waals surface area contributed by atoms with E-state index in [1.165, 1.54) is 0 Å². The smallest absolute Gasteiger partial charge is 0.161 e. The van der Waals surface area contributed by atoms with Gasteiger partial charge in [0.05, 0.1) is 0 Å². The molecule has 2 aliphatic rings. The lowest BCUT2D eigenvalue weighted by atomic mass is 9.96. The zero-order valence-corrected chi connectivity index (χ0v) is 8.61. The lowest BCUT2D eigenvalue weighted by molar-refractivity contribution is 0.0646. The van der Waals surface area contributed by atoms with Crippen molar-refractivity contribution >= 4 is 0 Å². The average molecular weight is 205 g/mol. The van der Waals surface area contributed by atoms with Crippen LogP contribution in [0, 0.1) is 5.92 Å². The van der Waals surface area contributed by atoms with E-state index in [0.29, 0.717) is 6.61 Å².